The lowest BCUT2D eigenvalue weighted by Crippen LogP contribution is -2.36. The molecular weight excluding hydrogens is 210 g/mol. The lowest BCUT2D eigenvalue weighted by atomic mass is 9.97. The van der Waals surface area contributed by atoms with Crippen LogP contribution in [0.2, 0.25) is 0 Å². The SMILES string of the molecule is CC(C)N(C)CCCNCC1CCN(C)CC1. The molecule has 1 heterocycles. The zero-order valence-electron chi connectivity index (χ0n) is 12.2. The minimum atomic E-state index is 0.670. The second kappa shape index (κ2) is 8.06. The third-order valence-electron chi connectivity index (χ3n) is 4.02. The van der Waals surface area contributed by atoms with E-state index in [1.165, 1.54) is 52.0 Å². The fourth-order valence-electron chi connectivity index (χ4n) is 2.28. The quantitative estimate of drug-likeness (QED) is 0.684. The van der Waals surface area contributed by atoms with Gasteiger partial charge in [-0.05, 0) is 85.8 Å². The molecule has 0 aromatic rings. The third-order valence-corrected chi connectivity index (χ3v) is 4.02. The summed E-state index contributed by atoms with van der Waals surface area (Å²) in [6.07, 6.45) is 4.01. The Hall–Kier alpha value is -0.120. The van der Waals surface area contributed by atoms with Crippen LogP contribution in [0.5, 0.6) is 0 Å². The van der Waals surface area contributed by atoms with E-state index < -0.39 is 0 Å². The molecule has 0 amide bonds. The Balaban J connectivity index is 1.94. The summed E-state index contributed by atoms with van der Waals surface area (Å²) < 4.78 is 0. The van der Waals surface area contributed by atoms with Gasteiger partial charge in [-0.15, -0.1) is 0 Å². The van der Waals surface area contributed by atoms with Crippen LogP contribution in [0.3, 0.4) is 0 Å². The molecule has 0 spiro atoms. The maximum absolute atomic E-state index is 3.62. The highest BCUT2D eigenvalue weighted by Gasteiger charge is 2.15. The van der Waals surface area contributed by atoms with Gasteiger partial charge in [-0.25, -0.2) is 0 Å². The van der Waals surface area contributed by atoms with Crippen molar-refractivity contribution >= 4 is 0 Å². The largest absolute Gasteiger partial charge is 0.316 e. The molecule has 1 saturated heterocycles. The van der Waals surface area contributed by atoms with Crippen molar-refractivity contribution in [2.75, 3.05) is 46.8 Å². The standard InChI is InChI=1S/C14H31N3/c1-13(2)17(4)9-5-8-15-12-14-6-10-16(3)11-7-14/h13-15H,5-12H2,1-4H3. The summed E-state index contributed by atoms with van der Waals surface area (Å²) in [4.78, 5) is 4.85. The molecule has 1 rings (SSSR count). The van der Waals surface area contributed by atoms with Crippen LogP contribution >= 0.6 is 0 Å². The number of hydrogen-bond acceptors (Lipinski definition) is 3. The summed E-state index contributed by atoms with van der Waals surface area (Å²) in [5.41, 5.74) is 0. The van der Waals surface area contributed by atoms with Crippen LogP contribution in [0.15, 0.2) is 0 Å². The highest BCUT2D eigenvalue weighted by molar-refractivity contribution is 4.71. The molecule has 1 fully saturated rings. The Bertz CT molecular complexity index is 186. The highest BCUT2D eigenvalue weighted by Crippen LogP contribution is 2.14. The van der Waals surface area contributed by atoms with Gasteiger partial charge >= 0.3 is 0 Å². The van der Waals surface area contributed by atoms with Crippen LogP contribution < -0.4 is 5.32 Å². The maximum atomic E-state index is 3.62. The lowest BCUT2D eigenvalue weighted by molar-refractivity contribution is 0.214. The van der Waals surface area contributed by atoms with E-state index in [0.29, 0.717) is 6.04 Å². The normalized spacial score (nSPS) is 19.4. The number of piperidine rings is 1. The molecule has 1 aliphatic heterocycles. The molecule has 0 aromatic carbocycles. The van der Waals surface area contributed by atoms with Crippen molar-refractivity contribution in [3.8, 4) is 0 Å². The first-order valence-corrected chi connectivity index (χ1v) is 7.19. The van der Waals surface area contributed by atoms with Gasteiger partial charge in [0.05, 0.1) is 0 Å². The van der Waals surface area contributed by atoms with Gasteiger partial charge in [-0.1, -0.05) is 0 Å². The molecule has 1 aliphatic rings. The smallest absolute Gasteiger partial charge is 0.00355 e. The molecule has 0 bridgehead atoms. The number of likely N-dealkylation sites (tertiary alicyclic amines) is 1. The van der Waals surface area contributed by atoms with E-state index in [2.05, 4.69) is 43.1 Å². The first-order valence-electron chi connectivity index (χ1n) is 7.19. The molecule has 102 valence electrons. The van der Waals surface area contributed by atoms with Crippen molar-refractivity contribution in [1.29, 1.82) is 0 Å². The predicted octanol–water partition coefficient (Wildman–Crippen LogP) is 1.65. The maximum Gasteiger partial charge on any atom is 0.00355 e. The summed E-state index contributed by atoms with van der Waals surface area (Å²) in [5.74, 6) is 0.911. The second-order valence-corrected chi connectivity index (χ2v) is 5.88. The van der Waals surface area contributed by atoms with Gasteiger partial charge in [0, 0.05) is 6.04 Å². The summed E-state index contributed by atoms with van der Waals surface area (Å²) in [5, 5.41) is 3.62. The highest BCUT2D eigenvalue weighted by atomic mass is 15.1. The number of nitrogens with one attached hydrogen (secondary N) is 1. The first-order chi connectivity index (χ1) is 8.09. The third kappa shape index (κ3) is 6.39. The van der Waals surface area contributed by atoms with Crippen LogP contribution in [0.25, 0.3) is 0 Å². The average molecular weight is 241 g/mol. The van der Waals surface area contributed by atoms with Crippen molar-refractivity contribution in [1.82, 2.24) is 15.1 Å². The van der Waals surface area contributed by atoms with E-state index in [1.54, 1.807) is 0 Å². The van der Waals surface area contributed by atoms with Crippen LogP contribution in [-0.2, 0) is 0 Å². The van der Waals surface area contributed by atoms with Crippen LogP contribution in [0.1, 0.15) is 33.1 Å². The Morgan fingerprint density at radius 2 is 1.94 bits per heavy atom. The molecule has 0 radical (unpaired) electrons. The van der Waals surface area contributed by atoms with Crippen LogP contribution in [0.4, 0.5) is 0 Å². The molecule has 0 saturated carbocycles. The fraction of sp³-hybridized carbons (Fsp3) is 1.00. The van der Waals surface area contributed by atoms with Crippen molar-refractivity contribution in [3.63, 3.8) is 0 Å². The summed E-state index contributed by atoms with van der Waals surface area (Å²) in [7, 11) is 4.44. The van der Waals surface area contributed by atoms with Gasteiger partial charge in [0.2, 0.25) is 0 Å². The van der Waals surface area contributed by atoms with E-state index in [9.17, 15) is 0 Å². The zero-order chi connectivity index (χ0) is 12.7. The molecule has 0 aromatic heterocycles. The van der Waals surface area contributed by atoms with E-state index in [0.717, 1.165) is 5.92 Å². The van der Waals surface area contributed by atoms with Crippen molar-refractivity contribution in [2.45, 2.75) is 39.2 Å². The Kier molecular flexibility index (Phi) is 7.09. The number of nitrogens with zero attached hydrogens (tertiary/aromatic N) is 2. The zero-order valence-corrected chi connectivity index (χ0v) is 12.2. The van der Waals surface area contributed by atoms with Crippen LogP contribution in [0, 0.1) is 5.92 Å². The fourth-order valence-corrected chi connectivity index (χ4v) is 2.28. The summed E-state index contributed by atoms with van der Waals surface area (Å²) >= 11 is 0. The summed E-state index contributed by atoms with van der Waals surface area (Å²) in [6.45, 7) is 10.7. The minimum Gasteiger partial charge on any atom is -0.316 e. The first kappa shape index (κ1) is 14.9. The number of hydrogen-bond donors (Lipinski definition) is 1. The topological polar surface area (TPSA) is 18.5 Å². The van der Waals surface area contributed by atoms with Crippen molar-refractivity contribution in [3.05, 3.63) is 0 Å². The van der Waals surface area contributed by atoms with Gasteiger partial charge < -0.3 is 15.1 Å². The minimum absolute atomic E-state index is 0.670. The van der Waals surface area contributed by atoms with E-state index in [4.69, 9.17) is 0 Å². The molecular formula is C14H31N3. The molecule has 0 unspecified atom stereocenters. The average Bonchev–Trinajstić information content (AvgIpc) is 2.30. The molecule has 3 nitrogen and oxygen atoms in total. The Labute approximate surface area is 108 Å². The van der Waals surface area contributed by atoms with Crippen molar-refractivity contribution in [2.24, 2.45) is 5.92 Å². The molecule has 3 heteroatoms. The van der Waals surface area contributed by atoms with Gasteiger partial charge in [0.15, 0.2) is 0 Å². The van der Waals surface area contributed by atoms with Gasteiger partial charge in [0.1, 0.15) is 0 Å². The van der Waals surface area contributed by atoms with E-state index in [1.807, 2.05) is 0 Å². The van der Waals surface area contributed by atoms with Gasteiger partial charge in [0.25, 0.3) is 0 Å². The van der Waals surface area contributed by atoms with Gasteiger partial charge in [-0.2, -0.15) is 0 Å². The predicted molar refractivity (Wildman–Crippen MR) is 75.5 cm³/mol. The lowest BCUT2D eigenvalue weighted by Gasteiger charge is -2.29. The van der Waals surface area contributed by atoms with E-state index >= 15 is 0 Å². The van der Waals surface area contributed by atoms with Crippen LogP contribution in [-0.4, -0.2) is 62.7 Å². The van der Waals surface area contributed by atoms with Gasteiger partial charge in [-0.3, -0.25) is 0 Å². The van der Waals surface area contributed by atoms with E-state index in [-0.39, 0.29) is 0 Å². The molecule has 0 aliphatic carbocycles. The summed E-state index contributed by atoms with van der Waals surface area (Å²) in [6, 6.07) is 0.670. The monoisotopic (exact) mass is 241 g/mol. The van der Waals surface area contributed by atoms with Crippen molar-refractivity contribution < 1.29 is 0 Å². The second-order valence-electron chi connectivity index (χ2n) is 5.88. The Morgan fingerprint density at radius 3 is 2.53 bits per heavy atom. The Morgan fingerprint density at radius 1 is 1.29 bits per heavy atom. The molecule has 1 N–H and O–H groups in total. The molecule has 17 heavy (non-hydrogen) atoms. The molecule has 0 atom stereocenters. The number of rotatable bonds is 7.